The summed E-state index contributed by atoms with van der Waals surface area (Å²) < 4.78 is 0. The van der Waals surface area contributed by atoms with Crippen LogP contribution in [0.2, 0.25) is 5.02 Å². The second-order valence-corrected chi connectivity index (χ2v) is 4.91. The summed E-state index contributed by atoms with van der Waals surface area (Å²) in [6.45, 7) is 1.50. The highest BCUT2D eigenvalue weighted by molar-refractivity contribution is 6.30. The van der Waals surface area contributed by atoms with Crippen molar-refractivity contribution in [2.45, 2.75) is 12.0 Å². The Labute approximate surface area is 111 Å². The van der Waals surface area contributed by atoms with Gasteiger partial charge in [0.05, 0.1) is 5.60 Å². The van der Waals surface area contributed by atoms with E-state index in [9.17, 15) is 9.90 Å². The first-order valence-corrected chi connectivity index (χ1v) is 6.19. The number of halogens is 1. The maximum Gasteiger partial charge on any atom is 0.319 e. The SMILES string of the molecule is O=C(NC[C@]1(O)CCNC1)Nc1cccc(Cl)c1. The number of nitrogens with one attached hydrogen (secondary N) is 3. The van der Waals surface area contributed by atoms with Gasteiger partial charge in [-0.1, -0.05) is 17.7 Å². The van der Waals surface area contributed by atoms with Crippen molar-refractivity contribution in [2.24, 2.45) is 0 Å². The highest BCUT2D eigenvalue weighted by atomic mass is 35.5. The maximum absolute atomic E-state index is 11.6. The number of urea groups is 1. The van der Waals surface area contributed by atoms with E-state index in [0.29, 0.717) is 23.7 Å². The predicted molar refractivity (Wildman–Crippen MR) is 70.9 cm³/mol. The van der Waals surface area contributed by atoms with Gasteiger partial charge in [0.2, 0.25) is 0 Å². The fourth-order valence-corrected chi connectivity index (χ4v) is 2.06. The number of aliphatic hydroxyl groups is 1. The minimum atomic E-state index is -0.842. The zero-order valence-corrected chi connectivity index (χ0v) is 10.6. The van der Waals surface area contributed by atoms with Crippen LogP contribution in [0.3, 0.4) is 0 Å². The van der Waals surface area contributed by atoms with E-state index in [1.54, 1.807) is 24.3 Å². The molecule has 0 radical (unpaired) electrons. The number of hydrogen-bond acceptors (Lipinski definition) is 3. The first-order valence-electron chi connectivity index (χ1n) is 5.81. The number of carbonyl (C=O) groups is 1. The number of hydrogen-bond donors (Lipinski definition) is 4. The van der Waals surface area contributed by atoms with Crippen LogP contribution in [-0.4, -0.2) is 36.4 Å². The highest BCUT2D eigenvalue weighted by Crippen LogP contribution is 2.15. The fraction of sp³-hybridized carbons (Fsp3) is 0.417. The van der Waals surface area contributed by atoms with Crippen LogP contribution in [-0.2, 0) is 0 Å². The first-order chi connectivity index (χ1) is 8.57. The molecular formula is C12H16ClN3O2. The summed E-state index contributed by atoms with van der Waals surface area (Å²) in [6.07, 6.45) is 0.643. The Balaban J connectivity index is 1.82. The molecule has 1 aliphatic rings. The van der Waals surface area contributed by atoms with Gasteiger partial charge in [0.1, 0.15) is 0 Å². The Morgan fingerprint density at radius 1 is 1.56 bits per heavy atom. The van der Waals surface area contributed by atoms with Gasteiger partial charge in [0, 0.05) is 23.8 Å². The van der Waals surface area contributed by atoms with Gasteiger partial charge in [0.25, 0.3) is 0 Å². The predicted octanol–water partition coefficient (Wildman–Crippen LogP) is 1.19. The summed E-state index contributed by atoms with van der Waals surface area (Å²) in [5.74, 6) is 0. The van der Waals surface area contributed by atoms with Crippen molar-refractivity contribution in [1.82, 2.24) is 10.6 Å². The summed E-state index contributed by atoms with van der Waals surface area (Å²) in [4.78, 5) is 11.6. The summed E-state index contributed by atoms with van der Waals surface area (Å²) in [5, 5.41) is 18.9. The molecule has 1 aromatic carbocycles. The van der Waals surface area contributed by atoms with Crippen LogP contribution in [0.15, 0.2) is 24.3 Å². The van der Waals surface area contributed by atoms with Crippen LogP contribution in [0.25, 0.3) is 0 Å². The third kappa shape index (κ3) is 3.60. The molecule has 6 heteroatoms. The van der Waals surface area contributed by atoms with Crippen molar-refractivity contribution in [3.05, 3.63) is 29.3 Å². The van der Waals surface area contributed by atoms with Crippen molar-refractivity contribution in [1.29, 1.82) is 0 Å². The third-order valence-electron chi connectivity index (χ3n) is 2.88. The van der Waals surface area contributed by atoms with Crippen molar-refractivity contribution >= 4 is 23.3 Å². The minimum Gasteiger partial charge on any atom is -0.387 e. The molecule has 1 fully saturated rings. The number of anilines is 1. The normalized spacial score (nSPS) is 22.8. The van der Waals surface area contributed by atoms with Crippen LogP contribution in [0, 0.1) is 0 Å². The van der Waals surface area contributed by atoms with Crippen LogP contribution >= 0.6 is 11.6 Å². The number of benzene rings is 1. The number of carbonyl (C=O) groups excluding carboxylic acids is 1. The second-order valence-electron chi connectivity index (χ2n) is 4.47. The number of β-amino-alcohol motifs (C(OH)–C–C–N with tert-alkyl or cyclic N) is 1. The molecule has 1 atom stereocenters. The van der Waals surface area contributed by atoms with Crippen molar-refractivity contribution in [3.8, 4) is 0 Å². The Morgan fingerprint density at radius 2 is 2.39 bits per heavy atom. The Kier molecular flexibility index (Phi) is 4.06. The Bertz CT molecular complexity index is 433. The molecule has 2 rings (SSSR count). The van der Waals surface area contributed by atoms with Gasteiger partial charge < -0.3 is 21.1 Å². The standard InChI is InChI=1S/C12H16ClN3O2/c13-9-2-1-3-10(6-9)16-11(17)15-8-12(18)4-5-14-7-12/h1-3,6,14,18H,4-5,7-8H2,(H2,15,16,17)/t12-/m0/s1. The molecule has 0 saturated carbocycles. The molecule has 4 N–H and O–H groups in total. The van der Waals surface area contributed by atoms with E-state index in [4.69, 9.17) is 11.6 Å². The fourth-order valence-electron chi connectivity index (χ4n) is 1.87. The molecule has 2 amide bonds. The van der Waals surface area contributed by atoms with Gasteiger partial charge in [-0.2, -0.15) is 0 Å². The molecule has 98 valence electrons. The quantitative estimate of drug-likeness (QED) is 0.666. The van der Waals surface area contributed by atoms with E-state index in [2.05, 4.69) is 16.0 Å². The smallest absolute Gasteiger partial charge is 0.319 e. The van der Waals surface area contributed by atoms with E-state index in [0.717, 1.165) is 6.54 Å². The highest BCUT2D eigenvalue weighted by Gasteiger charge is 2.31. The molecule has 1 heterocycles. The summed E-state index contributed by atoms with van der Waals surface area (Å²) in [5.41, 5.74) is -0.220. The Hall–Kier alpha value is -1.30. The monoisotopic (exact) mass is 269 g/mol. The average molecular weight is 270 g/mol. The molecule has 0 unspecified atom stereocenters. The molecule has 5 nitrogen and oxygen atoms in total. The average Bonchev–Trinajstić information content (AvgIpc) is 2.74. The van der Waals surface area contributed by atoms with E-state index >= 15 is 0 Å². The molecule has 1 aromatic rings. The van der Waals surface area contributed by atoms with Gasteiger partial charge in [-0.3, -0.25) is 0 Å². The lowest BCUT2D eigenvalue weighted by Gasteiger charge is -2.21. The van der Waals surface area contributed by atoms with E-state index in [-0.39, 0.29) is 12.6 Å². The van der Waals surface area contributed by atoms with E-state index < -0.39 is 5.60 Å². The van der Waals surface area contributed by atoms with Crippen LogP contribution in [0.1, 0.15) is 6.42 Å². The molecule has 1 aliphatic heterocycles. The van der Waals surface area contributed by atoms with Gasteiger partial charge in [-0.15, -0.1) is 0 Å². The van der Waals surface area contributed by atoms with Crippen molar-refractivity contribution in [2.75, 3.05) is 25.0 Å². The van der Waals surface area contributed by atoms with E-state index in [1.807, 2.05) is 0 Å². The van der Waals surface area contributed by atoms with Crippen molar-refractivity contribution < 1.29 is 9.90 Å². The lowest BCUT2D eigenvalue weighted by Crippen LogP contribution is -2.45. The zero-order valence-electron chi connectivity index (χ0n) is 9.87. The molecule has 0 spiro atoms. The lowest BCUT2D eigenvalue weighted by atomic mass is 10.0. The van der Waals surface area contributed by atoms with Crippen LogP contribution < -0.4 is 16.0 Å². The lowest BCUT2D eigenvalue weighted by molar-refractivity contribution is 0.0640. The summed E-state index contributed by atoms with van der Waals surface area (Å²) in [6, 6.07) is 6.55. The van der Waals surface area contributed by atoms with Gasteiger partial charge in [-0.25, -0.2) is 4.79 Å². The molecule has 18 heavy (non-hydrogen) atoms. The zero-order chi connectivity index (χ0) is 13.0. The topological polar surface area (TPSA) is 73.4 Å². The van der Waals surface area contributed by atoms with E-state index in [1.165, 1.54) is 0 Å². The van der Waals surface area contributed by atoms with Gasteiger partial charge in [-0.05, 0) is 31.2 Å². The molecule has 1 saturated heterocycles. The largest absolute Gasteiger partial charge is 0.387 e. The Morgan fingerprint density at radius 3 is 3.06 bits per heavy atom. The third-order valence-corrected chi connectivity index (χ3v) is 3.12. The first kappa shape index (κ1) is 13.1. The minimum absolute atomic E-state index is 0.229. The van der Waals surface area contributed by atoms with Crippen LogP contribution in [0.5, 0.6) is 0 Å². The maximum atomic E-state index is 11.6. The summed E-state index contributed by atoms with van der Waals surface area (Å²) >= 11 is 5.81. The molecule has 0 aliphatic carbocycles. The number of rotatable bonds is 3. The molecular weight excluding hydrogens is 254 g/mol. The molecule has 0 bridgehead atoms. The molecule has 0 aromatic heterocycles. The van der Waals surface area contributed by atoms with Crippen molar-refractivity contribution in [3.63, 3.8) is 0 Å². The second kappa shape index (κ2) is 5.56. The van der Waals surface area contributed by atoms with Gasteiger partial charge >= 0.3 is 6.03 Å². The number of amides is 2. The van der Waals surface area contributed by atoms with Gasteiger partial charge in [0.15, 0.2) is 0 Å². The summed E-state index contributed by atoms with van der Waals surface area (Å²) in [7, 11) is 0. The van der Waals surface area contributed by atoms with Crippen LogP contribution in [0.4, 0.5) is 10.5 Å².